The normalized spacial score (nSPS) is 19.4. The molecule has 2 heterocycles. The van der Waals surface area contributed by atoms with Crippen LogP contribution in [0.1, 0.15) is 53.8 Å². The lowest BCUT2D eigenvalue weighted by Crippen LogP contribution is -2.41. The number of nitrogens with zero attached hydrogens (tertiary/aromatic N) is 1. The van der Waals surface area contributed by atoms with E-state index in [1.54, 1.807) is 6.07 Å². The zero-order valence-corrected chi connectivity index (χ0v) is 19.8. The molecule has 0 bridgehead atoms. The number of hydrogen-bond donors (Lipinski definition) is 1. The van der Waals surface area contributed by atoms with Crippen LogP contribution in [0.25, 0.3) is 0 Å². The summed E-state index contributed by atoms with van der Waals surface area (Å²) in [6, 6.07) is 10.0. The number of Topliss-reactive ketones (excluding diaryl/α,β-unsaturated/α-hetero) is 1. The smallest absolute Gasteiger partial charge is 0.338 e. The van der Waals surface area contributed by atoms with Crippen LogP contribution in [0.3, 0.4) is 0 Å². The summed E-state index contributed by atoms with van der Waals surface area (Å²) in [4.78, 5) is 36.9. The Kier molecular flexibility index (Phi) is 6.72. The van der Waals surface area contributed by atoms with Gasteiger partial charge in [0.15, 0.2) is 12.7 Å². The summed E-state index contributed by atoms with van der Waals surface area (Å²) < 4.78 is 38.0. The SMILES string of the molecule is C[C@@H]1CCCCN1S(=O)(=O)c1ccc(C(=O)O[C@H](C)C(=O)c2ccc3c(c2)NC(=O)CO3)cc1. The van der Waals surface area contributed by atoms with E-state index in [2.05, 4.69) is 5.32 Å². The van der Waals surface area contributed by atoms with Crippen LogP contribution in [0.2, 0.25) is 0 Å². The first-order chi connectivity index (χ1) is 16.2. The minimum atomic E-state index is -3.65. The summed E-state index contributed by atoms with van der Waals surface area (Å²) in [6.45, 7) is 3.73. The highest BCUT2D eigenvalue weighted by atomic mass is 32.2. The van der Waals surface area contributed by atoms with Gasteiger partial charge in [-0.1, -0.05) is 6.42 Å². The maximum Gasteiger partial charge on any atom is 0.338 e. The van der Waals surface area contributed by atoms with E-state index in [4.69, 9.17) is 9.47 Å². The van der Waals surface area contributed by atoms with Crippen LogP contribution in [-0.2, 0) is 19.6 Å². The van der Waals surface area contributed by atoms with Crippen molar-refractivity contribution in [2.75, 3.05) is 18.5 Å². The molecule has 1 amide bonds. The predicted octanol–water partition coefficient (Wildman–Crippen LogP) is 3.01. The second-order valence-corrected chi connectivity index (χ2v) is 10.3. The fourth-order valence-corrected chi connectivity index (χ4v) is 5.78. The van der Waals surface area contributed by atoms with Gasteiger partial charge in [0.25, 0.3) is 5.91 Å². The average Bonchev–Trinajstić information content (AvgIpc) is 2.83. The Morgan fingerprint density at radius 1 is 1.12 bits per heavy atom. The van der Waals surface area contributed by atoms with E-state index in [9.17, 15) is 22.8 Å². The van der Waals surface area contributed by atoms with Crippen LogP contribution in [0.5, 0.6) is 5.75 Å². The third-order valence-electron chi connectivity index (χ3n) is 5.99. The molecule has 0 saturated carbocycles. The quantitative estimate of drug-likeness (QED) is 0.492. The topological polar surface area (TPSA) is 119 Å². The number of fused-ring (bicyclic) bond motifs is 1. The summed E-state index contributed by atoms with van der Waals surface area (Å²) in [5.74, 6) is -1.06. The van der Waals surface area contributed by atoms with Crippen molar-refractivity contribution in [1.82, 2.24) is 4.31 Å². The standard InChI is InChI=1S/C24H26N2O7S/c1-15-5-3-4-12-26(15)34(30,31)19-9-6-17(7-10-19)24(29)33-16(2)23(28)18-8-11-21-20(13-18)25-22(27)14-32-21/h6-11,13,15-16H,3-5,12,14H2,1-2H3,(H,25,27)/t15-,16-/m1/s1. The molecule has 2 aliphatic heterocycles. The molecule has 2 aliphatic rings. The van der Waals surface area contributed by atoms with E-state index in [1.165, 1.54) is 47.6 Å². The lowest BCUT2D eigenvalue weighted by atomic mass is 10.1. The van der Waals surface area contributed by atoms with Crippen LogP contribution >= 0.6 is 0 Å². The number of ether oxygens (including phenoxy) is 2. The second kappa shape index (κ2) is 9.55. The van der Waals surface area contributed by atoms with Crippen molar-refractivity contribution < 1.29 is 32.3 Å². The van der Waals surface area contributed by atoms with Gasteiger partial charge in [0.1, 0.15) is 5.75 Å². The van der Waals surface area contributed by atoms with Gasteiger partial charge in [-0.15, -0.1) is 0 Å². The Hall–Kier alpha value is -3.24. The van der Waals surface area contributed by atoms with Crippen LogP contribution in [0.4, 0.5) is 5.69 Å². The molecule has 4 rings (SSSR count). The van der Waals surface area contributed by atoms with Crippen molar-refractivity contribution in [2.24, 2.45) is 0 Å². The van der Waals surface area contributed by atoms with Gasteiger partial charge < -0.3 is 14.8 Å². The molecular formula is C24H26N2O7S. The molecule has 1 saturated heterocycles. The maximum absolute atomic E-state index is 13.0. The molecule has 2 aromatic rings. The molecule has 2 aromatic carbocycles. The Bertz CT molecular complexity index is 1220. The van der Waals surface area contributed by atoms with Gasteiger partial charge in [0.2, 0.25) is 15.8 Å². The largest absolute Gasteiger partial charge is 0.482 e. The number of benzene rings is 2. The van der Waals surface area contributed by atoms with Crippen molar-refractivity contribution in [1.29, 1.82) is 0 Å². The molecule has 0 radical (unpaired) electrons. The Labute approximate surface area is 198 Å². The maximum atomic E-state index is 13.0. The summed E-state index contributed by atoms with van der Waals surface area (Å²) >= 11 is 0. The van der Waals surface area contributed by atoms with Crippen molar-refractivity contribution >= 4 is 33.4 Å². The minimum absolute atomic E-state index is 0.0706. The average molecular weight is 487 g/mol. The summed E-state index contributed by atoms with van der Waals surface area (Å²) in [7, 11) is -3.65. The zero-order chi connectivity index (χ0) is 24.5. The fraction of sp³-hybridized carbons (Fsp3) is 0.375. The van der Waals surface area contributed by atoms with E-state index < -0.39 is 27.9 Å². The third-order valence-corrected chi connectivity index (χ3v) is 8.02. The first-order valence-corrected chi connectivity index (χ1v) is 12.5. The van der Waals surface area contributed by atoms with Gasteiger partial charge in [-0.2, -0.15) is 4.31 Å². The van der Waals surface area contributed by atoms with Gasteiger partial charge in [-0.05, 0) is 69.2 Å². The highest BCUT2D eigenvalue weighted by Gasteiger charge is 2.31. The Morgan fingerprint density at radius 3 is 2.53 bits per heavy atom. The number of anilines is 1. The molecule has 2 atom stereocenters. The highest BCUT2D eigenvalue weighted by molar-refractivity contribution is 7.89. The van der Waals surface area contributed by atoms with E-state index in [0.29, 0.717) is 18.0 Å². The first kappa shape index (κ1) is 23.9. The zero-order valence-electron chi connectivity index (χ0n) is 18.9. The number of piperidine rings is 1. The molecule has 0 unspecified atom stereocenters. The van der Waals surface area contributed by atoms with Crippen LogP contribution in [0, 0.1) is 0 Å². The van der Waals surface area contributed by atoms with Gasteiger partial charge >= 0.3 is 5.97 Å². The number of esters is 1. The van der Waals surface area contributed by atoms with Crippen LogP contribution in [-0.4, -0.2) is 55.7 Å². The van der Waals surface area contributed by atoms with Gasteiger partial charge in [-0.25, -0.2) is 13.2 Å². The molecule has 0 spiro atoms. The van der Waals surface area contributed by atoms with Crippen LogP contribution in [0.15, 0.2) is 47.4 Å². The monoisotopic (exact) mass is 486 g/mol. The molecular weight excluding hydrogens is 460 g/mol. The molecule has 1 N–H and O–H groups in total. The number of amides is 1. The summed E-state index contributed by atoms with van der Waals surface area (Å²) in [6.07, 6.45) is 1.55. The number of rotatable bonds is 6. The molecule has 0 aliphatic carbocycles. The first-order valence-electron chi connectivity index (χ1n) is 11.1. The third kappa shape index (κ3) is 4.83. The van der Waals surface area contributed by atoms with E-state index in [0.717, 1.165) is 19.3 Å². The van der Waals surface area contributed by atoms with Crippen molar-refractivity contribution in [3.05, 3.63) is 53.6 Å². The van der Waals surface area contributed by atoms with E-state index in [1.807, 2.05) is 6.92 Å². The van der Waals surface area contributed by atoms with Crippen molar-refractivity contribution in [3.8, 4) is 5.75 Å². The number of carbonyl (C=O) groups excluding carboxylic acids is 3. The van der Waals surface area contributed by atoms with Gasteiger partial charge in [0, 0.05) is 18.2 Å². The lowest BCUT2D eigenvalue weighted by Gasteiger charge is -2.32. The van der Waals surface area contributed by atoms with E-state index in [-0.39, 0.29) is 34.6 Å². The van der Waals surface area contributed by atoms with Gasteiger partial charge in [-0.3, -0.25) is 9.59 Å². The summed E-state index contributed by atoms with van der Waals surface area (Å²) in [5, 5.41) is 2.63. The number of carbonyl (C=O) groups is 3. The summed E-state index contributed by atoms with van der Waals surface area (Å²) in [5.41, 5.74) is 0.763. The molecule has 180 valence electrons. The highest BCUT2D eigenvalue weighted by Crippen LogP contribution is 2.29. The van der Waals surface area contributed by atoms with Gasteiger partial charge in [0.05, 0.1) is 16.1 Å². The minimum Gasteiger partial charge on any atom is -0.482 e. The predicted molar refractivity (Wildman–Crippen MR) is 123 cm³/mol. The molecule has 1 fully saturated rings. The fourth-order valence-electron chi connectivity index (χ4n) is 4.08. The Morgan fingerprint density at radius 2 is 1.82 bits per heavy atom. The van der Waals surface area contributed by atoms with Crippen LogP contribution < -0.4 is 10.1 Å². The molecule has 10 heteroatoms. The number of ketones is 1. The van der Waals surface area contributed by atoms with Crippen molar-refractivity contribution in [2.45, 2.75) is 50.2 Å². The molecule has 9 nitrogen and oxygen atoms in total. The number of hydrogen-bond acceptors (Lipinski definition) is 7. The second-order valence-electron chi connectivity index (χ2n) is 8.44. The Balaban J connectivity index is 1.43. The number of sulfonamides is 1. The van der Waals surface area contributed by atoms with E-state index >= 15 is 0 Å². The van der Waals surface area contributed by atoms with Crippen molar-refractivity contribution in [3.63, 3.8) is 0 Å². The molecule has 34 heavy (non-hydrogen) atoms. The molecule has 0 aromatic heterocycles. The number of nitrogens with one attached hydrogen (secondary N) is 1. The lowest BCUT2D eigenvalue weighted by molar-refractivity contribution is -0.118.